The van der Waals surface area contributed by atoms with E-state index in [1.54, 1.807) is 22.6 Å². The number of hydrogen-bond donors (Lipinski definition) is 1. The van der Waals surface area contributed by atoms with Crippen LogP contribution in [-0.2, 0) is 23.5 Å². The number of aromatic nitrogens is 2. The molecule has 1 unspecified atom stereocenters. The van der Waals surface area contributed by atoms with Crippen molar-refractivity contribution in [2.75, 3.05) is 19.6 Å². The number of aryl methyl sites for hydroxylation is 2. The molecule has 8 heteroatoms. The Morgan fingerprint density at radius 2 is 2.00 bits per heavy atom. The second kappa shape index (κ2) is 8.31. The molecule has 0 spiro atoms. The highest BCUT2D eigenvalue weighted by molar-refractivity contribution is 7.89. The third kappa shape index (κ3) is 4.06. The van der Waals surface area contributed by atoms with Gasteiger partial charge in [-0.05, 0) is 24.1 Å². The van der Waals surface area contributed by atoms with Crippen LogP contribution in [0.4, 0.5) is 0 Å². The second-order valence-electron chi connectivity index (χ2n) is 6.13. The van der Waals surface area contributed by atoms with Gasteiger partial charge in [0.05, 0.1) is 10.9 Å². The predicted molar refractivity (Wildman–Crippen MR) is 100 cm³/mol. The van der Waals surface area contributed by atoms with Crippen molar-refractivity contribution in [3.63, 3.8) is 0 Å². The molecule has 1 saturated heterocycles. The van der Waals surface area contributed by atoms with Gasteiger partial charge in [-0.1, -0.05) is 25.5 Å². The first-order chi connectivity index (χ1) is 11.5. The minimum Gasteiger partial charge on any atom is -0.337 e. The molecular formula is C17H25ClN4O2S. The fourth-order valence-corrected chi connectivity index (χ4v) is 4.73. The van der Waals surface area contributed by atoms with Gasteiger partial charge >= 0.3 is 0 Å². The average Bonchev–Trinajstić information content (AvgIpc) is 3.01. The third-order valence-electron chi connectivity index (χ3n) is 4.42. The van der Waals surface area contributed by atoms with Crippen LogP contribution in [0.3, 0.4) is 0 Å². The van der Waals surface area contributed by atoms with Crippen molar-refractivity contribution in [3.05, 3.63) is 48.0 Å². The summed E-state index contributed by atoms with van der Waals surface area (Å²) in [5.74, 6) is 0.758. The van der Waals surface area contributed by atoms with Crippen molar-refractivity contribution in [1.82, 2.24) is 19.2 Å². The minimum atomic E-state index is -3.55. The fraction of sp³-hybridized carbons (Fsp3) is 0.471. The van der Waals surface area contributed by atoms with Crippen LogP contribution in [0.1, 0.15) is 30.8 Å². The molecular weight excluding hydrogens is 360 g/mol. The van der Waals surface area contributed by atoms with Crippen molar-refractivity contribution in [2.24, 2.45) is 7.05 Å². The van der Waals surface area contributed by atoms with Gasteiger partial charge in [-0.3, -0.25) is 0 Å². The topological polar surface area (TPSA) is 67.2 Å². The molecule has 2 aromatic rings. The van der Waals surface area contributed by atoms with Gasteiger partial charge in [-0.15, -0.1) is 12.4 Å². The molecule has 1 aromatic carbocycles. The number of nitrogens with one attached hydrogen (secondary N) is 1. The van der Waals surface area contributed by atoms with Gasteiger partial charge in [0.2, 0.25) is 10.0 Å². The fourth-order valence-electron chi connectivity index (χ4n) is 3.14. The first-order valence-corrected chi connectivity index (χ1v) is 9.76. The van der Waals surface area contributed by atoms with E-state index in [0.717, 1.165) is 24.2 Å². The maximum absolute atomic E-state index is 13.1. The van der Waals surface area contributed by atoms with Crippen molar-refractivity contribution >= 4 is 22.4 Å². The van der Waals surface area contributed by atoms with Crippen LogP contribution in [0.15, 0.2) is 41.6 Å². The Balaban J connectivity index is 0.00000225. The summed E-state index contributed by atoms with van der Waals surface area (Å²) in [5.41, 5.74) is 1.16. The highest BCUT2D eigenvalue weighted by atomic mass is 35.5. The quantitative estimate of drug-likeness (QED) is 0.857. The van der Waals surface area contributed by atoms with Gasteiger partial charge in [-0.25, -0.2) is 13.4 Å². The number of piperazine rings is 1. The van der Waals surface area contributed by atoms with E-state index in [1.165, 1.54) is 0 Å². The number of nitrogens with zero attached hydrogens (tertiary/aromatic N) is 3. The summed E-state index contributed by atoms with van der Waals surface area (Å²) in [5, 5.41) is 3.27. The molecule has 1 aliphatic heterocycles. The SMILES string of the molecule is CCCc1ccc(S(=O)(=O)N2CCNCC2c2nccn2C)cc1.Cl. The predicted octanol–water partition coefficient (Wildman–Crippen LogP) is 2.13. The molecule has 1 atom stereocenters. The molecule has 1 aliphatic rings. The van der Waals surface area contributed by atoms with Crippen molar-refractivity contribution in [3.8, 4) is 0 Å². The number of hydrogen-bond acceptors (Lipinski definition) is 4. The van der Waals surface area contributed by atoms with Crippen LogP contribution < -0.4 is 5.32 Å². The highest BCUT2D eigenvalue weighted by Gasteiger charge is 2.36. The maximum Gasteiger partial charge on any atom is 0.243 e. The van der Waals surface area contributed by atoms with Crippen LogP contribution in [0.5, 0.6) is 0 Å². The average molecular weight is 385 g/mol. The maximum atomic E-state index is 13.1. The monoisotopic (exact) mass is 384 g/mol. The second-order valence-corrected chi connectivity index (χ2v) is 8.02. The number of benzene rings is 1. The minimum absolute atomic E-state index is 0. The Morgan fingerprint density at radius 1 is 1.28 bits per heavy atom. The van der Waals surface area contributed by atoms with E-state index in [2.05, 4.69) is 17.2 Å². The van der Waals surface area contributed by atoms with Crippen LogP contribution >= 0.6 is 12.4 Å². The van der Waals surface area contributed by atoms with Crippen molar-refractivity contribution in [2.45, 2.75) is 30.7 Å². The summed E-state index contributed by atoms with van der Waals surface area (Å²) in [4.78, 5) is 4.70. The largest absolute Gasteiger partial charge is 0.337 e. The lowest BCUT2D eigenvalue weighted by Crippen LogP contribution is -2.49. The molecule has 0 saturated carbocycles. The summed E-state index contributed by atoms with van der Waals surface area (Å²) >= 11 is 0. The molecule has 0 amide bonds. The van der Waals surface area contributed by atoms with Gasteiger partial charge in [0.1, 0.15) is 5.82 Å². The smallest absolute Gasteiger partial charge is 0.243 e. The molecule has 1 fully saturated rings. The molecule has 1 aromatic heterocycles. The first-order valence-electron chi connectivity index (χ1n) is 8.32. The van der Waals surface area contributed by atoms with Crippen LogP contribution in [-0.4, -0.2) is 41.9 Å². The van der Waals surface area contributed by atoms with E-state index in [4.69, 9.17) is 0 Å². The van der Waals surface area contributed by atoms with E-state index in [9.17, 15) is 8.42 Å². The van der Waals surface area contributed by atoms with Gasteiger partial charge < -0.3 is 9.88 Å². The summed E-state index contributed by atoms with van der Waals surface area (Å²) in [6, 6.07) is 6.97. The number of halogens is 1. The Bertz CT molecular complexity index is 789. The summed E-state index contributed by atoms with van der Waals surface area (Å²) in [7, 11) is -1.66. The summed E-state index contributed by atoms with van der Waals surface area (Å²) < 4.78 is 29.7. The van der Waals surface area contributed by atoms with Gasteiger partial charge in [0, 0.05) is 39.1 Å². The Kier molecular flexibility index (Phi) is 6.62. The van der Waals surface area contributed by atoms with Crippen molar-refractivity contribution in [1.29, 1.82) is 0 Å². The molecule has 3 rings (SSSR count). The lowest BCUT2D eigenvalue weighted by Gasteiger charge is -2.34. The molecule has 138 valence electrons. The zero-order valence-electron chi connectivity index (χ0n) is 14.6. The molecule has 0 radical (unpaired) electrons. The molecule has 0 aliphatic carbocycles. The lowest BCUT2D eigenvalue weighted by molar-refractivity contribution is 0.258. The van der Waals surface area contributed by atoms with E-state index in [1.807, 2.05) is 29.9 Å². The third-order valence-corrected chi connectivity index (χ3v) is 6.34. The zero-order chi connectivity index (χ0) is 17.2. The Labute approximate surface area is 155 Å². The van der Waals surface area contributed by atoms with Crippen LogP contribution in [0.25, 0.3) is 0 Å². The lowest BCUT2D eigenvalue weighted by atomic mass is 10.1. The normalized spacial score (nSPS) is 18.7. The first kappa shape index (κ1) is 19.9. The summed E-state index contributed by atoms with van der Waals surface area (Å²) in [6.07, 6.45) is 5.55. The van der Waals surface area contributed by atoms with Gasteiger partial charge in [0.15, 0.2) is 0 Å². The Hall–Kier alpha value is -1.41. The number of rotatable bonds is 5. The van der Waals surface area contributed by atoms with E-state index in [-0.39, 0.29) is 18.4 Å². The van der Waals surface area contributed by atoms with Gasteiger partial charge in [0.25, 0.3) is 0 Å². The van der Waals surface area contributed by atoms with E-state index < -0.39 is 10.0 Å². The standard InChI is InChI=1S/C17H24N4O2S.ClH/c1-3-4-14-5-7-15(8-6-14)24(22,23)21-12-9-18-13-16(21)17-19-10-11-20(17)2;/h5-8,10-11,16,18H,3-4,9,12-13H2,1-2H3;1H. The molecule has 25 heavy (non-hydrogen) atoms. The highest BCUT2D eigenvalue weighted by Crippen LogP contribution is 2.28. The van der Waals surface area contributed by atoms with Crippen molar-refractivity contribution < 1.29 is 8.42 Å². The Morgan fingerprint density at radius 3 is 2.60 bits per heavy atom. The number of sulfonamides is 1. The van der Waals surface area contributed by atoms with Gasteiger partial charge in [-0.2, -0.15) is 4.31 Å². The molecule has 1 N–H and O–H groups in total. The van der Waals surface area contributed by atoms with E-state index >= 15 is 0 Å². The molecule has 2 heterocycles. The van der Waals surface area contributed by atoms with E-state index in [0.29, 0.717) is 24.5 Å². The van der Waals surface area contributed by atoms with Crippen LogP contribution in [0, 0.1) is 0 Å². The molecule has 0 bridgehead atoms. The van der Waals surface area contributed by atoms with Crippen LogP contribution in [0.2, 0.25) is 0 Å². The summed E-state index contributed by atoms with van der Waals surface area (Å²) in [6.45, 7) is 3.77. The zero-order valence-corrected chi connectivity index (χ0v) is 16.2. The molecule has 6 nitrogen and oxygen atoms in total. The number of imidazole rings is 1.